The van der Waals surface area contributed by atoms with Gasteiger partial charge in [0.1, 0.15) is 0 Å². The second kappa shape index (κ2) is 10.3. The van der Waals surface area contributed by atoms with Gasteiger partial charge in [0.05, 0.1) is 13.0 Å². The zero-order valence-corrected chi connectivity index (χ0v) is 18.3. The average Bonchev–Trinajstić information content (AvgIpc) is 3.08. The lowest BCUT2D eigenvalue weighted by Gasteiger charge is -2.28. The Morgan fingerprint density at radius 2 is 1.80 bits per heavy atom. The predicted molar refractivity (Wildman–Crippen MR) is 121 cm³/mol. The van der Waals surface area contributed by atoms with Crippen molar-refractivity contribution < 1.29 is 14.3 Å². The van der Waals surface area contributed by atoms with Gasteiger partial charge in [-0.3, -0.25) is 9.59 Å². The highest BCUT2D eigenvalue weighted by Gasteiger charge is 2.34. The molecular weight excluding hydrogens is 400 g/mol. The van der Waals surface area contributed by atoms with Crippen molar-refractivity contribution in [2.24, 2.45) is 11.8 Å². The second-order valence-electron chi connectivity index (χ2n) is 8.59. The van der Waals surface area contributed by atoms with E-state index in [1.165, 1.54) is 25.3 Å². The van der Waals surface area contributed by atoms with Gasteiger partial charge in [-0.1, -0.05) is 42.5 Å². The van der Waals surface area contributed by atoms with Gasteiger partial charge in [-0.15, -0.1) is 12.4 Å². The van der Waals surface area contributed by atoms with Crippen LogP contribution in [0.4, 0.5) is 0 Å². The van der Waals surface area contributed by atoms with Crippen molar-refractivity contribution in [1.82, 2.24) is 10.6 Å². The molecule has 5 nitrogen and oxygen atoms in total. The number of halogens is 1. The van der Waals surface area contributed by atoms with E-state index >= 15 is 0 Å². The van der Waals surface area contributed by atoms with Gasteiger partial charge in [0, 0.05) is 25.0 Å². The fourth-order valence-corrected chi connectivity index (χ4v) is 4.97. The molecule has 2 aliphatic rings. The molecule has 1 amide bonds. The monoisotopic (exact) mass is 430 g/mol. The summed E-state index contributed by atoms with van der Waals surface area (Å²) in [6, 6.07) is 15.6. The van der Waals surface area contributed by atoms with E-state index in [2.05, 4.69) is 34.9 Å². The Morgan fingerprint density at radius 3 is 2.50 bits per heavy atom. The Balaban J connectivity index is 0.00000256. The molecule has 3 unspecified atom stereocenters. The first kappa shape index (κ1) is 22.6. The van der Waals surface area contributed by atoms with Crippen LogP contribution in [0.5, 0.6) is 0 Å². The summed E-state index contributed by atoms with van der Waals surface area (Å²) in [5.41, 5.74) is 1.07. The number of esters is 1. The lowest BCUT2D eigenvalue weighted by molar-refractivity contribution is -0.145. The molecule has 0 aromatic heterocycles. The van der Waals surface area contributed by atoms with Gasteiger partial charge in [0.15, 0.2) is 0 Å². The number of carbonyl (C=O) groups is 2. The molecule has 6 heteroatoms. The maximum absolute atomic E-state index is 12.5. The van der Waals surface area contributed by atoms with Crippen LogP contribution in [-0.4, -0.2) is 37.6 Å². The van der Waals surface area contributed by atoms with E-state index < -0.39 is 0 Å². The fourth-order valence-electron chi connectivity index (χ4n) is 4.97. The van der Waals surface area contributed by atoms with Crippen molar-refractivity contribution in [1.29, 1.82) is 0 Å². The van der Waals surface area contributed by atoms with Crippen molar-refractivity contribution in [3.8, 4) is 0 Å². The van der Waals surface area contributed by atoms with Crippen LogP contribution in [-0.2, 0) is 20.7 Å². The summed E-state index contributed by atoms with van der Waals surface area (Å²) in [7, 11) is 1.41. The van der Waals surface area contributed by atoms with Crippen molar-refractivity contribution in [2.75, 3.05) is 13.7 Å². The first-order valence-electron chi connectivity index (χ1n) is 10.7. The number of nitrogens with one attached hydrogen (secondary N) is 2. The number of carbonyl (C=O) groups excluding carboxylic acids is 2. The van der Waals surface area contributed by atoms with E-state index in [0.717, 1.165) is 23.8 Å². The smallest absolute Gasteiger partial charge is 0.310 e. The molecule has 2 fully saturated rings. The Hall–Kier alpha value is -2.11. The standard InChI is InChI=1S/C24H30N2O3.ClH/c1-29-24(28)20(11-16-6-7-18-4-2-3-5-19(18)10-16)15-25-23(27)14-17-12-21-8-9-22(13-17)26-21;/h2-7,10,17,20-22,26H,8-9,11-15H2,1H3,(H,25,27);1H. The summed E-state index contributed by atoms with van der Waals surface area (Å²) in [4.78, 5) is 24.8. The largest absolute Gasteiger partial charge is 0.469 e. The van der Waals surface area contributed by atoms with Crippen LogP contribution in [0, 0.1) is 11.8 Å². The lowest BCUT2D eigenvalue weighted by atomic mass is 9.89. The highest BCUT2D eigenvalue weighted by atomic mass is 35.5. The number of hydrogen-bond acceptors (Lipinski definition) is 4. The summed E-state index contributed by atoms with van der Waals surface area (Å²) in [5.74, 6) is -0.165. The number of rotatable bonds is 7. The predicted octanol–water partition coefficient (Wildman–Crippen LogP) is 3.63. The van der Waals surface area contributed by atoms with E-state index in [0.29, 0.717) is 37.4 Å². The average molecular weight is 431 g/mol. The molecule has 2 N–H and O–H groups in total. The van der Waals surface area contributed by atoms with Crippen molar-refractivity contribution in [3.05, 3.63) is 48.0 Å². The third-order valence-corrected chi connectivity index (χ3v) is 6.42. The van der Waals surface area contributed by atoms with E-state index in [4.69, 9.17) is 4.74 Å². The van der Waals surface area contributed by atoms with Crippen LogP contribution in [0.15, 0.2) is 42.5 Å². The molecule has 2 aliphatic heterocycles. The summed E-state index contributed by atoms with van der Waals surface area (Å²) in [5, 5.41) is 8.93. The van der Waals surface area contributed by atoms with Gasteiger partial charge in [-0.05, 0) is 54.4 Å². The topological polar surface area (TPSA) is 67.4 Å². The number of fused-ring (bicyclic) bond motifs is 3. The van der Waals surface area contributed by atoms with Crippen LogP contribution < -0.4 is 10.6 Å². The van der Waals surface area contributed by atoms with Crippen molar-refractivity contribution in [3.63, 3.8) is 0 Å². The number of methoxy groups -OCH3 is 1. The van der Waals surface area contributed by atoms with Gasteiger partial charge in [-0.25, -0.2) is 0 Å². The van der Waals surface area contributed by atoms with Crippen molar-refractivity contribution in [2.45, 2.75) is 50.6 Å². The summed E-state index contributed by atoms with van der Waals surface area (Å²) in [6.45, 7) is 0.316. The quantitative estimate of drug-likeness (QED) is 0.658. The van der Waals surface area contributed by atoms with Crippen LogP contribution in [0.25, 0.3) is 10.8 Å². The number of ether oxygens (including phenoxy) is 1. The zero-order chi connectivity index (χ0) is 20.2. The van der Waals surface area contributed by atoms with E-state index in [1.54, 1.807) is 0 Å². The highest BCUT2D eigenvalue weighted by molar-refractivity contribution is 5.85. The Kier molecular flexibility index (Phi) is 7.73. The molecule has 2 aromatic carbocycles. The molecule has 0 spiro atoms. The van der Waals surface area contributed by atoms with Crippen LogP contribution >= 0.6 is 12.4 Å². The van der Waals surface area contributed by atoms with Crippen LogP contribution in [0.2, 0.25) is 0 Å². The molecule has 3 atom stereocenters. The van der Waals surface area contributed by atoms with Gasteiger partial charge in [0.2, 0.25) is 5.91 Å². The number of benzene rings is 2. The zero-order valence-electron chi connectivity index (χ0n) is 17.4. The maximum atomic E-state index is 12.5. The SMILES string of the molecule is COC(=O)C(CNC(=O)CC1CC2CCC(C1)N2)Cc1ccc2ccccc2c1.Cl. The Bertz CT molecular complexity index is 876. The van der Waals surface area contributed by atoms with Crippen LogP contribution in [0.1, 0.15) is 37.7 Å². The molecule has 2 aromatic rings. The maximum Gasteiger partial charge on any atom is 0.310 e. The minimum Gasteiger partial charge on any atom is -0.469 e. The molecule has 0 aliphatic carbocycles. The minimum absolute atomic E-state index is 0. The lowest BCUT2D eigenvalue weighted by Crippen LogP contribution is -2.40. The van der Waals surface area contributed by atoms with Crippen molar-refractivity contribution >= 4 is 35.1 Å². The number of hydrogen-bond donors (Lipinski definition) is 2. The summed E-state index contributed by atoms with van der Waals surface area (Å²) >= 11 is 0. The van der Waals surface area contributed by atoms with Gasteiger partial charge in [0.25, 0.3) is 0 Å². The molecule has 30 heavy (non-hydrogen) atoms. The molecular formula is C24H31ClN2O3. The third-order valence-electron chi connectivity index (χ3n) is 6.42. The van der Waals surface area contributed by atoms with E-state index in [9.17, 15) is 9.59 Å². The molecule has 0 radical (unpaired) electrons. The Morgan fingerprint density at radius 1 is 1.10 bits per heavy atom. The normalized spacial score (nSPS) is 23.4. The minimum atomic E-state index is -0.380. The fraction of sp³-hybridized carbons (Fsp3) is 0.500. The number of piperidine rings is 1. The van der Waals surface area contributed by atoms with E-state index in [-0.39, 0.29) is 30.2 Å². The van der Waals surface area contributed by atoms with Gasteiger partial charge in [-0.2, -0.15) is 0 Å². The summed E-state index contributed by atoms with van der Waals surface area (Å²) < 4.78 is 4.99. The first-order chi connectivity index (χ1) is 14.1. The molecule has 4 rings (SSSR count). The molecule has 0 saturated carbocycles. The first-order valence-corrected chi connectivity index (χ1v) is 10.7. The van der Waals surface area contributed by atoms with E-state index in [1.807, 2.05) is 18.2 Å². The third kappa shape index (κ3) is 5.52. The second-order valence-corrected chi connectivity index (χ2v) is 8.59. The molecule has 2 saturated heterocycles. The molecule has 2 bridgehead atoms. The van der Waals surface area contributed by atoms with Gasteiger partial charge >= 0.3 is 5.97 Å². The highest BCUT2D eigenvalue weighted by Crippen LogP contribution is 2.32. The Labute approximate surface area is 184 Å². The van der Waals surface area contributed by atoms with Gasteiger partial charge < -0.3 is 15.4 Å². The van der Waals surface area contributed by atoms with Crippen LogP contribution in [0.3, 0.4) is 0 Å². The number of amides is 1. The molecule has 2 heterocycles. The molecule has 162 valence electrons. The summed E-state index contributed by atoms with van der Waals surface area (Å²) in [6.07, 6.45) is 5.74.